The summed E-state index contributed by atoms with van der Waals surface area (Å²) >= 11 is -5.70. The molecular formula is C37H40Cl2SiZr. The number of rotatable bonds is 8. The van der Waals surface area contributed by atoms with Crippen molar-refractivity contribution in [2.45, 2.75) is 53.5 Å². The second-order valence-electron chi connectivity index (χ2n) is 12.6. The molecular weight excluding hydrogens is 635 g/mol. The average Bonchev–Trinajstić information content (AvgIpc) is 3.61. The van der Waals surface area contributed by atoms with E-state index in [0.29, 0.717) is 0 Å². The molecule has 2 aliphatic rings. The van der Waals surface area contributed by atoms with E-state index >= 15 is 0 Å². The zero-order chi connectivity index (χ0) is 28.9. The van der Waals surface area contributed by atoms with Crippen molar-refractivity contribution < 1.29 is 14.1 Å². The van der Waals surface area contributed by atoms with E-state index in [2.05, 4.69) is 142 Å². The van der Waals surface area contributed by atoms with Gasteiger partial charge in [-0.1, -0.05) is 0 Å². The topological polar surface area (TPSA) is 0 Å². The van der Waals surface area contributed by atoms with E-state index in [9.17, 15) is 0 Å². The SMILES string of the molecule is CCCC1=Cc2c(-c3ccc(CC)cc3)cccc2[CH]1[Zr]([Cl])([Cl])([c]1ccccc1)([CH]1C=Cc2ccccc21)[SiH](C)C. The van der Waals surface area contributed by atoms with Crippen molar-refractivity contribution >= 4 is 38.4 Å². The van der Waals surface area contributed by atoms with E-state index in [0.717, 1.165) is 19.3 Å². The summed E-state index contributed by atoms with van der Waals surface area (Å²) in [5, 5.41) is 0. The average molecular weight is 675 g/mol. The van der Waals surface area contributed by atoms with E-state index in [1.807, 2.05) is 0 Å². The molecule has 4 aromatic rings. The van der Waals surface area contributed by atoms with Gasteiger partial charge in [0.2, 0.25) is 0 Å². The molecule has 0 nitrogen and oxygen atoms in total. The van der Waals surface area contributed by atoms with E-state index in [4.69, 9.17) is 17.0 Å². The quantitative estimate of drug-likeness (QED) is 0.163. The molecule has 2 atom stereocenters. The fourth-order valence-corrected chi connectivity index (χ4v) is 51.6. The molecule has 2 aliphatic carbocycles. The van der Waals surface area contributed by atoms with E-state index in [1.165, 1.54) is 47.8 Å². The van der Waals surface area contributed by atoms with Crippen molar-refractivity contribution in [3.63, 3.8) is 0 Å². The van der Waals surface area contributed by atoms with Crippen molar-refractivity contribution in [2.75, 3.05) is 0 Å². The fourth-order valence-electron chi connectivity index (χ4n) is 8.22. The summed E-state index contributed by atoms with van der Waals surface area (Å²) in [7, 11) is 18.0. The number of hydrogen-bond acceptors (Lipinski definition) is 0. The fraction of sp³-hybridized carbons (Fsp3) is 0.243. The minimum absolute atomic E-state index is 0.000721. The van der Waals surface area contributed by atoms with Crippen molar-refractivity contribution in [1.82, 2.24) is 0 Å². The molecule has 0 spiro atoms. The van der Waals surface area contributed by atoms with Crippen LogP contribution in [0.3, 0.4) is 0 Å². The Kier molecular flexibility index (Phi) is 7.35. The molecule has 210 valence electrons. The summed E-state index contributed by atoms with van der Waals surface area (Å²) in [6.07, 6.45) is 10.2. The molecule has 4 aromatic carbocycles. The van der Waals surface area contributed by atoms with Gasteiger partial charge in [0.25, 0.3) is 0 Å². The summed E-state index contributed by atoms with van der Waals surface area (Å²) in [6.45, 7) is 9.37. The van der Waals surface area contributed by atoms with Crippen LogP contribution in [0.4, 0.5) is 0 Å². The molecule has 41 heavy (non-hydrogen) atoms. The van der Waals surface area contributed by atoms with Crippen molar-refractivity contribution in [1.29, 1.82) is 0 Å². The summed E-state index contributed by atoms with van der Waals surface area (Å²) in [5.74, 6) is -1.82. The molecule has 2 unspecified atom stereocenters. The summed E-state index contributed by atoms with van der Waals surface area (Å²) in [6, 6.07) is 35.7. The molecule has 0 aromatic heterocycles. The van der Waals surface area contributed by atoms with Crippen LogP contribution >= 0.6 is 17.0 Å². The number of fused-ring (bicyclic) bond motifs is 2. The van der Waals surface area contributed by atoms with Gasteiger partial charge < -0.3 is 0 Å². The number of hydrogen-bond donors (Lipinski definition) is 0. The third-order valence-electron chi connectivity index (χ3n) is 10.5. The van der Waals surface area contributed by atoms with Crippen LogP contribution in [0.1, 0.15) is 61.8 Å². The molecule has 0 aliphatic heterocycles. The molecule has 0 saturated carbocycles. The van der Waals surface area contributed by atoms with E-state index in [-0.39, 0.29) is 7.25 Å². The maximum atomic E-state index is 8.99. The third kappa shape index (κ3) is 4.01. The van der Waals surface area contributed by atoms with E-state index in [1.54, 1.807) is 0 Å². The Bertz CT molecular complexity index is 1680. The van der Waals surface area contributed by atoms with Gasteiger partial charge in [0.15, 0.2) is 0 Å². The first-order valence-corrected chi connectivity index (χ1v) is 32.8. The van der Waals surface area contributed by atoms with Gasteiger partial charge in [-0.05, 0) is 0 Å². The van der Waals surface area contributed by atoms with Crippen LogP contribution in [0.5, 0.6) is 0 Å². The van der Waals surface area contributed by atoms with Crippen LogP contribution < -0.4 is 3.27 Å². The van der Waals surface area contributed by atoms with Crippen LogP contribution in [-0.2, 0) is 20.5 Å². The van der Waals surface area contributed by atoms with E-state index < -0.39 is 20.0 Å². The number of halogens is 2. The maximum absolute atomic E-state index is 8.99. The third-order valence-corrected chi connectivity index (χ3v) is 77.7. The molecule has 0 radical (unpaired) electrons. The molecule has 0 fully saturated rings. The minimum atomic E-state index is -5.70. The normalized spacial score (nSPS) is 19.4. The van der Waals surface area contributed by atoms with Crippen LogP contribution in [0, 0.1) is 0 Å². The summed E-state index contributed by atoms with van der Waals surface area (Å²) < 4.78 is 1.20. The first kappa shape index (κ1) is 29.1. The van der Waals surface area contributed by atoms with Gasteiger partial charge in [0, 0.05) is 0 Å². The molecule has 0 heterocycles. The molecule has 0 amide bonds. The predicted molar refractivity (Wildman–Crippen MR) is 182 cm³/mol. The molecule has 4 heteroatoms. The zero-order valence-electron chi connectivity index (χ0n) is 24.6. The van der Waals surface area contributed by atoms with Gasteiger partial charge in [0.05, 0.1) is 0 Å². The van der Waals surface area contributed by atoms with Crippen molar-refractivity contribution in [3.05, 3.63) is 137 Å². The Morgan fingerprint density at radius 2 is 1.44 bits per heavy atom. The second-order valence-corrected chi connectivity index (χ2v) is 63.6. The Labute approximate surface area is 251 Å². The van der Waals surface area contributed by atoms with Crippen LogP contribution in [0.25, 0.3) is 23.3 Å². The van der Waals surface area contributed by atoms with Gasteiger partial charge in [-0.2, -0.15) is 0 Å². The number of aryl methyl sites for hydroxylation is 1. The van der Waals surface area contributed by atoms with Crippen molar-refractivity contribution in [2.24, 2.45) is 0 Å². The molecule has 0 N–H and O–H groups in total. The predicted octanol–water partition coefficient (Wildman–Crippen LogP) is 10.8. The van der Waals surface area contributed by atoms with Gasteiger partial charge in [-0.3, -0.25) is 0 Å². The summed E-state index contributed by atoms with van der Waals surface area (Å²) in [5.41, 5.74) is 10.5. The number of allylic oxidation sites excluding steroid dienone is 2. The Morgan fingerprint density at radius 1 is 0.756 bits per heavy atom. The van der Waals surface area contributed by atoms with Crippen LogP contribution in [0.2, 0.25) is 13.1 Å². The molecule has 6 rings (SSSR count). The van der Waals surface area contributed by atoms with Gasteiger partial charge >= 0.3 is 254 Å². The summed E-state index contributed by atoms with van der Waals surface area (Å²) in [4.78, 5) is 0. The molecule has 0 saturated heterocycles. The Balaban J connectivity index is 1.71. The molecule has 0 bridgehead atoms. The standard InChI is InChI=1S/C20H21.C9H7.C6H5.C2H7Si.2ClH.Zr/c1-3-6-16-13-18-7-5-8-19(20(18)14-16)17-11-9-15(4-2)10-12-17;1-2-5-9-7-3-6-8(9)4-1;1-2-4-6-5-3-1;1-3-2;;;/h5,7-14H,3-4,6H2,1-2H3;1-7H;1-5H;3H,1-2H3;2*1H;/q;;;;;;+2/p-2. The first-order chi connectivity index (χ1) is 19.7. The van der Waals surface area contributed by atoms with Crippen LogP contribution in [0.15, 0.2) is 109 Å². The first-order valence-electron chi connectivity index (χ1n) is 15.2. The zero-order valence-corrected chi connectivity index (χ0v) is 29.7. The Morgan fingerprint density at radius 3 is 2.12 bits per heavy atom. The Hall–Kier alpha value is -1.96. The second kappa shape index (κ2) is 10.3. The number of benzene rings is 4. The van der Waals surface area contributed by atoms with Gasteiger partial charge in [0.1, 0.15) is 0 Å². The monoisotopic (exact) mass is 672 g/mol. The van der Waals surface area contributed by atoms with Crippen LogP contribution in [-0.4, -0.2) is 5.92 Å². The van der Waals surface area contributed by atoms with Gasteiger partial charge in [-0.15, -0.1) is 0 Å². The van der Waals surface area contributed by atoms with Crippen molar-refractivity contribution in [3.8, 4) is 11.1 Å². The van der Waals surface area contributed by atoms with Gasteiger partial charge in [-0.25, -0.2) is 0 Å².